The number of benzene rings is 3. The fraction of sp³-hybridized carbons (Fsp3) is 0.375. The molecule has 3 aromatic carbocycles. The van der Waals surface area contributed by atoms with Gasteiger partial charge in [-0.1, -0.05) is 35.9 Å². The monoisotopic (exact) mass is 561 g/mol. The van der Waals surface area contributed by atoms with Gasteiger partial charge in [0.15, 0.2) is 0 Å². The maximum absolute atomic E-state index is 14.0. The Labute approximate surface area is 241 Å². The van der Waals surface area contributed by atoms with Crippen molar-refractivity contribution in [2.24, 2.45) is 0 Å². The number of nitrogens with one attached hydrogen (secondary N) is 1. The second kappa shape index (κ2) is 12.3. The summed E-state index contributed by atoms with van der Waals surface area (Å²) in [5.74, 6) is 1.14. The van der Waals surface area contributed by atoms with Gasteiger partial charge in [0, 0.05) is 24.8 Å². The number of hydrogen-bond donors (Lipinski definition) is 1. The molecule has 0 aromatic heterocycles. The number of carbonyl (C=O) groups excluding carboxylic acids is 2. The molecule has 7 nitrogen and oxygen atoms in total. The highest BCUT2D eigenvalue weighted by molar-refractivity contribution is 6.32. The Morgan fingerprint density at radius 2 is 1.77 bits per heavy atom. The van der Waals surface area contributed by atoms with Gasteiger partial charge in [-0.25, -0.2) is 0 Å². The number of amides is 2. The van der Waals surface area contributed by atoms with Gasteiger partial charge in [-0.15, -0.1) is 0 Å². The van der Waals surface area contributed by atoms with Crippen LogP contribution in [0.15, 0.2) is 60.7 Å². The summed E-state index contributed by atoms with van der Waals surface area (Å²) in [5, 5.41) is 3.72. The highest BCUT2D eigenvalue weighted by Gasteiger charge is 2.41. The van der Waals surface area contributed by atoms with E-state index in [1.165, 1.54) is 11.1 Å². The first-order chi connectivity index (χ1) is 19.3. The second-order valence-electron chi connectivity index (χ2n) is 10.6. The van der Waals surface area contributed by atoms with E-state index in [2.05, 4.69) is 31.3 Å². The zero-order valence-electron chi connectivity index (χ0n) is 23.3. The first kappa shape index (κ1) is 28.0. The molecule has 1 saturated carbocycles. The molecular weight excluding hydrogens is 526 g/mol. The predicted octanol–water partition coefficient (Wildman–Crippen LogP) is 5.22. The number of carbonyl (C=O) groups is 2. The molecule has 1 atom stereocenters. The second-order valence-corrected chi connectivity index (χ2v) is 11.0. The van der Waals surface area contributed by atoms with Crippen molar-refractivity contribution < 1.29 is 19.1 Å². The molecule has 1 aliphatic heterocycles. The summed E-state index contributed by atoms with van der Waals surface area (Å²) in [6.07, 6.45) is 1.99. The third-order valence-corrected chi connectivity index (χ3v) is 7.91. The van der Waals surface area contributed by atoms with E-state index < -0.39 is 6.04 Å². The smallest absolute Gasteiger partial charge is 0.247 e. The van der Waals surface area contributed by atoms with E-state index >= 15 is 0 Å². The standard InChI is InChI=1S/C32H36ClN3O4/c1-21-7-14-30(28(33)17-21)40-16-15-39-27-12-10-26(11-13-27)36-29(18-34-19-31(36)37)32(38)35(25-8-9-25)20-24-6-4-5-22(2)23(24)3/h4-7,10-14,17,25,29,34H,8-9,15-16,18-20H2,1-3H3. The Kier molecular flexibility index (Phi) is 8.62. The SMILES string of the molecule is Cc1ccc(OCCOc2ccc(N3C(=O)CNCC3C(=O)N(Cc3cccc(C)c3C)C3CC3)cc2)c(Cl)c1. The molecule has 2 amide bonds. The molecule has 8 heteroatoms. The number of rotatable bonds is 10. The van der Waals surface area contributed by atoms with Gasteiger partial charge in [0.2, 0.25) is 11.8 Å². The van der Waals surface area contributed by atoms with E-state index in [4.69, 9.17) is 21.1 Å². The molecule has 0 spiro atoms. The summed E-state index contributed by atoms with van der Waals surface area (Å²) in [6.45, 7) is 8.02. The molecule has 1 N–H and O–H groups in total. The lowest BCUT2D eigenvalue weighted by Crippen LogP contribution is -2.61. The van der Waals surface area contributed by atoms with Crippen LogP contribution in [-0.2, 0) is 16.1 Å². The fourth-order valence-electron chi connectivity index (χ4n) is 5.06. The molecule has 1 unspecified atom stereocenters. The molecule has 1 saturated heterocycles. The minimum Gasteiger partial charge on any atom is -0.490 e. The first-order valence-electron chi connectivity index (χ1n) is 13.8. The third-order valence-electron chi connectivity index (χ3n) is 7.62. The van der Waals surface area contributed by atoms with Gasteiger partial charge >= 0.3 is 0 Å². The molecule has 5 rings (SSSR count). The Bertz CT molecular complexity index is 1370. The highest BCUT2D eigenvalue weighted by atomic mass is 35.5. The van der Waals surface area contributed by atoms with Crippen LogP contribution in [0.5, 0.6) is 11.5 Å². The van der Waals surface area contributed by atoms with E-state index in [0.717, 1.165) is 24.0 Å². The van der Waals surface area contributed by atoms with Gasteiger partial charge in [0.05, 0.1) is 11.6 Å². The van der Waals surface area contributed by atoms with E-state index in [1.54, 1.807) is 4.90 Å². The van der Waals surface area contributed by atoms with Crippen LogP contribution in [0.1, 0.15) is 35.1 Å². The van der Waals surface area contributed by atoms with Crippen molar-refractivity contribution in [2.75, 3.05) is 31.2 Å². The number of anilines is 1. The van der Waals surface area contributed by atoms with Gasteiger partial charge in [0.1, 0.15) is 30.8 Å². The Hall–Kier alpha value is -3.55. The van der Waals surface area contributed by atoms with Gasteiger partial charge in [-0.3, -0.25) is 14.5 Å². The Morgan fingerprint density at radius 1 is 1.02 bits per heavy atom. The summed E-state index contributed by atoms with van der Waals surface area (Å²) in [4.78, 5) is 30.7. The number of ether oxygens (including phenoxy) is 2. The molecule has 2 fully saturated rings. The van der Waals surface area contributed by atoms with Gasteiger partial charge in [-0.05, 0) is 92.3 Å². The molecule has 40 heavy (non-hydrogen) atoms. The average Bonchev–Trinajstić information content (AvgIpc) is 3.78. The van der Waals surface area contributed by atoms with Crippen molar-refractivity contribution in [3.63, 3.8) is 0 Å². The topological polar surface area (TPSA) is 71.1 Å². The summed E-state index contributed by atoms with van der Waals surface area (Å²) in [6, 6.07) is 18.8. The van der Waals surface area contributed by atoms with Crippen LogP contribution in [0, 0.1) is 20.8 Å². The summed E-state index contributed by atoms with van der Waals surface area (Å²) < 4.78 is 11.6. The molecule has 3 aromatic rings. The van der Waals surface area contributed by atoms with Crippen LogP contribution in [0.4, 0.5) is 5.69 Å². The van der Waals surface area contributed by atoms with Crippen LogP contribution < -0.4 is 19.7 Å². The lowest BCUT2D eigenvalue weighted by atomic mass is 10.0. The van der Waals surface area contributed by atoms with E-state index in [0.29, 0.717) is 48.5 Å². The van der Waals surface area contributed by atoms with Crippen molar-refractivity contribution in [3.05, 3.63) is 87.9 Å². The molecule has 1 heterocycles. The van der Waals surface area contributed by atoms with Gasteiger partial charge < -0.3 is 19.7 Å². The third kappa shape index (κ3) is 6.43. The fourth-order valence-corrected chi connectivity index (χ4v) is 5.35. The maximum atomic E-state index is 14.0. The summed E-state index contributed by atoms with van der Waals surface area (Å²) >= 11 is 6.23. The van der Waals surface area contributed by atoms with Crippen LogP contribution in [0.25, 0.3) is 0 Å². The predicted molar refractivity (Wildman–Crippen MR) is 157 cm³/mol. The van der Waals surface area contributed by atoms with Gasteiger partial charge in [-0.2, -0.15) is 0 Å². The number of halogens is 1. The number of aryl methyl sites for hydroxylation is 2. The zero-order valence-corrected chi connectivity index (χ0v) is 24.0. The van der Waals surface area contributed by atoms with Crippen molar-refractivity contribution in [2.45, 2.75) is 52.2 Å². The molecule has 1 aliphatic carbocycles. The number of piperazine rings is 1. The first-order valence-corrected chi connectivity index (χ1v) is 14.2. The molecule has 0 radical (unpaired) electrons. The van der Waals surface area contributed by atoms with Crippen LogP contribution in [-0.4, -0.2) is 55.1 Å². The van der Waals surface area contributed by atoms with Crippen molar-refractivity contribution in [1.29, 1.82) is 0 Å². The summed E-state index contributed by atoms with van der Waals surface area (Å²) in [5.41, 5.74) is 5.32. The van der Waals surface area contributed by atoms with E-state index in [9.17, 15) is 9.59 Å². The number of nitrogens with zero attached hydrogens (tertiary/aromatic N) is 2. The largest absolute Gasteiger partial charge is 0.490 e. The normalized spacial score (nSPS) is 17.1. The van der Waals surface area contributed by atoms with Crippen LogP contribution >= 0.6 is 11.6 Å². The molecular formula is C32H36ClN3O4. The minimum absolute atomic E-state index is 0.0174. The van der Waals surface area contributed by atoms with Crippen molar-refractivity contribution in [1.82, 2.24) is 10.2 Å². The zero-order chi connectivity index (χ0) is 28.2. The van der Waals surface area contributed by atoms with Crippen molar-refractivity contribution in [3.8, 4) is 11.5 Å². The lowest BCUT2D eigenvalue weighted by Gasteiger charge is -2.38. The quantitative estimate of drug-likeness (QED) is 0.344. The van der Waals surface area contributed by atoms with E-state index in [-0.39, 0.29) is 24.4 Å². The van der Waals surface area contributed by atoms with Crippen LogP contribution in [0.2, 0.25) is 5.02 Å². The molecule has 0 bridgehead atoms. The summed E-state index contributed by atoms with van der Waals surface area (Å²) in [7, 11) is 0. The maximum Gasteiger partial charge on any atom is 0.247 e. The van der Waals surface area contributed by atoms with E-state index in [1.807, 2.05) is 60.4 Å². The van der Waals surface area contributed by atoms with Gasteiger partial charge in [0.25, 0.3) is 0 Å². The van der Waals surface area contributed by atoms with Crippen molar-refractivity contribution >= 4 is 29.1 Å². The molecule has 210 valence electrons. The average molecular weight is 562 g/mol. The highest BCUT2D eigenvalue weighted by Crippen LogP contribution is 2.32. The number of hydrogen-bond acceptors (Lipinski definition) is 5. The molecule has 2 aliphatic rings. The lowest BCUT2D eigenvalue weighted by molar-refractivity contribution is -0.136. The Morgan fingerprint density at radius 3 is 2.50 bits per heavy atom. The minimum atomic E-state index is -0.605. The van der Waals surface area contributed by atoms with Crippen LogP contribution in [0.3, 0.4) is 0 Å². The Balaban J connectivity index is 1.24.